The Hall–Kier alpha value is -2.24. The van der Waals surface area contributed by atoms with Gasteiger partial charge in [0.1, 0.15) is 17.0 Å². The molecule has 2 aliphatic rings. The van der Waals surface area contributed by atoms with Crippen LogP contribution in [-0.4, -0.2) is 37.6 Å². The minimum atomic E-state index is -0.917. The van der Waals surface area contributed by atoms with Gasteiger partial charge in [0, 0.05) is 18.5 Å². The first-order valence-electron chi connectivity index (χ1n) is 8.85. The number of benzene rings is 1. The van der Waals surface area contributed by atoms with Crippen molar-refractivity contribution in [3.63, 3.8) is 0 Å². The first-order valence-corrected chi connectivity index (χ1v) is 8.85. The molecule has 1 N–H and O–H groups in total. The highest BCUT2D eigenvalue weighted by Gasteiger charge is 2.49. The monoisotopic (exact) mass is 346 g/mol. The Morgan fingerprint density at radius 1 is 1.24 bits per heavy atom. The van der Waals surface area contributed by atoms with Crippen molar-refractivity contribution in [2.24, 2.45) is 0 Å². The van der Waals surface area contributed by atoms with Crippen LogP contribution in [0.1, 0.15) is 45.4 Å². The van der Waals surface area contributed by atoms with Crippen LogP contribution in [0.5, 0.6) is 11.5 Å². The molecule has 1 heterocycles. The number of amides is 2. The molecule has 25 heavy (non-hydrogen) atoms. The van der Waals surface area contributed by atoms with Gasteiger partial charge in [-0.05, 0) is 38.3 Å². The summed E-state index contributed by atoms with van der Waals surface area (Å²) in [6.45, 7) is 1.83. The Balaban J connectivity index is 1.94. The third-order valence-electron chi connectivity index (χ3n) is 5.38. The number of methoxy groups -OCH3 is 2. The number of rotatable bonds is 5. The second-order valence-corrected chi connectivity index (χ2v) is 7.00. The van der Waals surface area contributed by atoms with Gasteiger partial charge in [0.25, 0.3) is 0 Å². The van der Waals surface area contributed by atoms with Crippen LogP contribution < -0.4 is 19.7 Å². The maximum atomic E-state index is 13.0. The van der Waals surface area contributed by atoms with E-state index in [-0.39, 0.29) is 17.9 Å². The van der Waals surface area contributed by atoms with Gasteiger partial charge in [-0.2, -0.15) is 0 Å². The van der Waals surface area contributed by atoms with Gasteiger partial charge in [-0.25, -0.2) is 0 Å². The molecule has 136 valence electrons. The molecule has 1 aromatic carbocycles. The lowest BCUT2D eigenvalue weighted by molar-refractivity contribution is -0.127. The molecule has 1 saturated carbocycles. The summed E-state index contributed by atoms with van der Waals surface area (Å²) in [6, 6.07) is 5.51. The van der Waals surface area contributed by atoms with Crippen molar-refractivity contribution in [3.8, 4) is 11.5 Å². The lowest BCUT2D eigenvalue weighted by atomic mass is 9.96. The van der Waals surface area contributed by atoms with Gasteiger partial charge in [-0.1, -0.05) is 12.8 Å². The number of nitrogens with one attached hydrogen (secondary N) is 1. The van der Waals surface area contributed by atoms with Crippen LogP contribution in [0.25, 0.3) is 0 Å². The third kappa shape index (κ3) is 3.17. The highest BCUT2D eigenvalue weighted by atomic mass is 16.5. The molecule has 0 bridgehead atoms. The van der Waals surface area contributed by atoms with Crippen molar-refractivity contribution in [1.82, 2.24) is 5.32 Å². The molecule has 3 rings (SSSR count). The first kappa shape index (κ1) is 17.6. The Morgan fingerprint density at radius 2 is 1.96 bits per heavy atom. The van der Waals surface area contributed by atoms with E-state index in [0.29, 0.717) is 30.0 Å². The topological polar surface area (TPSA) is 67.9 Å². The van der Waals surface area contributed by atoms with Crippen molar-refractivity contribution in [1.29, 1.82) is 0 Å². The van der Waals surface area contributed by atoms with E-state index in [1.807, 2.05) is 6.92 Å². The summed E-state index contributed by atoms with van der Waals surface area (Å²) in [7, 11) is 3.13. The number of hydrogen-bond donors (Lipinski definition) is 1. The molecule has 1 aliphatic heterocycles. The molecule has 1 atom stereocenters. The lowest BCUT2D eigenvalue weighted by Crippen LogP contribution is -2.56. The van der Waals surface area contributed by atoms with Crippen LogP contribution in [0.4, 0.5) is 5.69 Å². The van der Waals surface area contributed by atoms with Gasteiger partial charge in [-0.15, -0.1) is 0 Å². The van der Waals surface area contributed by atoms with Crippen LogP contribution in [0.15, 0.2) is 18.2 Å². The van der Waals surface area contributed by atoms with E-state index in [2.05, 4.69) is 5.32 Å². The molecule has 0 spiro atoms. The molecule has 6 nitrogen and oxygen atoms in total. The molecule has 6 heteroatoms. The summed E-state index contributed by atoms with van der Waals surface area (Å²) >= 11 is 0. The average molecular weight is 346 g/mol. The standard InChI is InChI=1S/C19H26N2O4/c1-19(18(23)20-13-6-4-5-7-13)11-10-17(22)21(19)15-12-14(24-2)8-9-16(15)25-3/h8-9,12-13H,4-7,10-11H2,1-3H3,(H,20,23). The van der Waals surface area contributed by atoms with E-state index in [1.165, 1.54) is 0 Å². The van der Waals surface area contributed by atoms with E-state index in [1.54, 1.807) is 37.3 Å². The van der Waals surface area contributed by atoms with E-state index >= 15 is 0 Å². The average Bonchev–Trinajstić information content (AvgIpc) is 3.23. The molecular formula is C19H26N2O4. The van der Waals surface area contributed by atoms with Crippen molar-refractivity contribution >= 4 is 17.5 Å². The molecule has 1 aliphatic carbocycles. The predicted molar refractivity (Wildman–Crippen MR) is 95.1 cm³/mol. The number of carbonyl (C=O) groups excluding carboxylic acids is 2. The largest absolute Gasteiger partial charge is 0.497 e. The fourth-order valence-corrected chi connectivity index (χ4v) is 3.85. The minimum absolute atomic E-state index is 0.0735. The summed E-state index contributed by atoms with van der Waals surface area (Å²) in [4.78, 5) is 27.3. The number of carbonyl (C=O) groups is 2. The van der Waals surface area contributed by atoms with Crippen molar-refractivity contribution in [2.45, 2.75) is 57.0 Å². The zero-order chi connectivity index (χ0) is 18.0. The molecule has 1 saturated heterocycles. The van der Waals surface area contributed by atoms with Crippen LogP contribution in [0.2, 0.25) is 0 Å². The van der Waals surface area contributed by atoms with Gasteiger partial charge in [0.15, 0.2) is 0 Å². The summed E-state index contributed by atoms with van der Waals surface area (Å²) < 4.78 is 10.7. The zero-order valence-corrected chi connectivity index (χ0v) is 15.1. The SMILES string of the molecule is COc1ccc(OC)c(N2C(=O)CCC2(C)C(=O)NC2CCCC2)c1. The van der Waals surface area contributed by atoms with Gasteiger partial charge in [-0.3, -0.25) is 14.5 Å². The van der Waals surface area contributed by atoms with E-state index < -0.39 is 5.54 Å². The molecule has 0 radical (unpaired) electrons. The minimum Gasteiger partial charge on any atom is -0.497 e. The Labute approximate surface area is 148 Å². The molecule has 0 aromatic heterocycles. The normalized spacial score (nSPS) is 23.8. The van der Waals surface area contributed by atoms with E-state index in [0.717, 1.165) is 25.7 Å². The van der Waals surface area contributed by atoms with Gasteiger partial charge in [0.05, 0.1) is 19.9 Å². The van der Waals surface area contributed by atoms with Gasteiger partial charge >= 0.3 is 0 Å². The third-order valence-corrected chi connectivity index (χ3v) is 5.38. The van der Waals surface area contributed by atoms with Crippen LogP contribution in [-0.2, 0) is 9.59 Å². The Kier molecular flexibility index (Phi) is 4.88. The number of ether oxygens (including phenoxy) is 2. The van der Waals surface area contributed by atoms with Crippen LogP contribution >= 0.6 is 0 Å². The number of hydrogen-bond acceptors (Lipinski definition) is 4. The summed E-state index contributed by atoms with van der Waals surface area (Å²) in [5, 5.41) is 3.14. The highest BCUT2D eigenvalue weighted by molar-refractivity contribution is 6.07. The van der Waals surface area contributed by atoms with Crippen molar-refractivity contribution in [2.75, 3.05) is 19.1 Å². The number of nitrogens with zero attached hydrogens (tertiary/aromatic N) is 1. The Morgan fingerprint density at radius 3 is 2.60 bits per heavy atom. The van der Waals surface area contributed by atoms with Gasteiger partial charge < -0.3 is 14.8 Å². The quantitative estimate of drug-likeness (QED) is 0.890. The smallest absolute Gasteiger partial charge is 0.246 e. The fraction of sp³-hybridized carbons (Fsp3) is 0.579. The second-order valence-electron chi connectivity index (χ2n) is 7.00. The van der Waals surface area contributed by atoms with Crippen molar-refractivity contribution in [3.05, 3.63) is 18.2 Å². The van der Waals surface area contributed by atoms with Crippen molar-refractivity contribution < 1.29 is 19.1 Å². The maximum Gasteiger partial charge on any atom is 0.246 e. The summed E-state index contributed by atoms with van der Waals surface area (Å²) in [6.07, 6.45) is 5.15. The summed E-state index contributed by atoms with van der Waals surface area (Å²) in [5.41, 5.74) is -0.340. The van der Waals surface area contributed by atoms with E-state index in [9.17, 15) is 9.59 Å². The predicted octanol–water partition coefficient (Wildman–Crippen LogP) is 2.65. The maximum absolute atomic E-state index is 13.0. The second kappa shape index (κ2) is 6.94. The van der Waals surface area contributed by atoms with Crippen LogP contribution in [0.3, 0.4) is 0 Å². The number of anilines is 1. The van der Waals surface area contributed by atoms with E-state index in [4.69, 9.17) is 9.47 Å². The fourth-order valence-electron chi connectivity index (χ4n) is 3.85. The summed E-state index contributed by atoms with van der Waals surface area (Å²) in [5.74, 6) is 1.01. The van der Waals surface area contributed by atoms with Gasteiger partial charge in [0.2, 0.25) is 11.8 Å². The van der Waals surface area contributed by atoms with Crippen LogP contribution in [0, 0.1) is 0 Å². The molecule has 1 unspecified atom stereocenters. The Bertz CT molecular complexity index is 669. The first-order chi connectivity index (χ1) is 12.0. The lowest BCUT2D eigenvalue weighted by Gasteiger charge is -2.35. The zero-order valence-electron chi connectivity index (χ0n) is 15.1. The molecule has 1 aromatic rings. The molecule has 2 fully saturated rings. The molecule has 2 amide bonds. The highest BCUT2D eigenvalue weighted by Crippen LogP contribution is 2.42. The molecular weight excluding hydrogens is 320 g/mol.